The van der Waals surface area contributed by atoms with Crippen LogP contribution < -0.4 is 5.32 Å². The van der Waals surface area contributed by atoms with Crippen molar-refractivity contribution in [3.05, 3.63) is 0 Å². The molecule has 1 rings (SSSR count). The second-order valence-electron chi connectivity index (χ2n) is 4.12. The summed E-state index contributed by atoms with van der Waals surface area (Å²) in [7, 11) is -0.667. The molecule has 0 bridgehead atoms. The van der Waals surface area contributed by atoms with E-state index in [1.165, 1.54) is 12.8 Å². The Kier molecular flexibility index (Phi) is 4.39. The van der Waals surface area contributed by atoms with Crippen LogP contribution in [0.4, 0.5) is 0 Å². The summed E-state index contributed by atoms with van der Waals surface area (Å²) in [5.41, 5.74) is 0. The molecule has 4 atom stereocenters. The minimum absolute atomic E-state index is 0.378. The van der Waals surface area contributed by atoms with Crippen LogP contribution in [0.15, 0.2) is 0 Å². The summed E-state index contributed by atoms with van der Waals surface area (Å²) in [5, 5.41) is 3.82. The zero-order valence-corrected chi connectivity index (χ0v) is 9.69. The standard InChI is InChI=1S/C10H21NOS/c1-4-11-9-6-5-8(2)7-10(9)13(3)12/h8-11H,4-7H2,1-3H3. The van der Waals surface area contributed by atoms with E-state index in [1.807, 2.05) is 6.26 Å². The van der Waals surface area contributed by atoms with Crippen LogP contribution in [0.5, 0.6) is 0 Å². The lowest BCUT2D eigenvalue weighted by Crippen LogP contribution is -2.45. The van der Waals surface area contributed by atoms with Crippen LogP contribution in [-0.2, 0) is 10.8 Å². The Bertz CT molecular complexity index is 184. The van der Waals surface area contributed by atoms with Crippen molar-refractivity contribution in [1.29, 1.82) is 0 Å². The molecule has 0 aromatic rings. The third kappa shape index (κ3) is 3.06. The van der Waals surface area contributed by atoms with E-state index in [4.69, 9.17) is 0 Å². The Morgan fingerprint density at radius 1 is 1.46 bits per heavy atom. The van der Waals surface area contributed by atoms with Gasteiger partial charge < -0.3 is 5.32 Å². The molecule has 1 N–H and O–H groups in total. The normalized spacial score (nSPS) is 37.3. The molecule has 78 valence electrons. The van der Waals surface area contributed by atoms with Crippen LogP contribution in [0.1, 0.15) is 33.1 Å². The molecule has 1 aliphatic rings. The monoisotopic (exact) mass is 203 g/mol. The lowest BCUT2D eigenvalue weighted by molar-refractivity contribution is 0.317. The average Bonchev–Trinajstić information content (AvgIpc) is 2.08. The predicted molar refractivity (Wildman–Crippen MR) is 58.3 cm³/mol. The molecular weight excluding hydrogens is 182 g/mol. The molecule has 0 radical (unpaired) electrons. The molecule has 1 aliphatic carbocycles. The second-order valence-corrected chi connectivity index (χ2v) is 5.72. The van der Waals surface area contributed by atoms with Gasteiger partial charge in [-0.3, -0.25) is 4.21 Å². The molecule has 1 saturated carbocycles. The van der Waals surface area contributed by atoms with Gasteiger partial charge in [-0.1, -0.05) is 13.8 Å². The predicted octanol–water partition coefficient (Wildman–Crippen LogP) is 1.53. The molecule has 0 amide bonds. The molecule has 3 heteroatoms. The van der Waals surface area contributed by atoms with Crippen molar-refractivity contribution in [1.82, 2.24) is 5.32 Å². The molecule has 1 fully saturated rings. The molecule has 13 heavy (non-hydrogen) atoms. The van der Waals surface area contributed by atoms with Gasteiger partial charge in [0.1, 0.15) is 0 Å². The highest BCUT2D eigenvalue weighted by molar-refractivity contribution is 7.85. The van der Waals surface area contributed by atoms with Crippen LogP contribution in [-0.4, -0.2) is 28.3 Å². The van der Waals surface area contributed by atoms with Crippen molar-refractivity contribution in [2.45, 2.75) is 44.4 Å². The topological polar surface area (TPSA) is 29.1 Å². The van der Waals surface area contributed by atoms with Gasteiger partial charge in [0.05, 0.1) is 5.25 Å². The number of nitrogens with one attached hydrogen (secondary N) is 1. The summed E-state index contributed by atoms with van der Waals surface area (Å²) in [4.78, 5) is 0. The first-order valence-corrected chi connectivity index (χ1v) is 6.82. The molecule has 4 unspecified atom stereocenters. The molecular formula is C10H21NOS. The number of hydrogen-bond donors (Lipinski definition) is 1. The van der Waals surface area contributed by atoms with E-state index in [1.54, 1.807) is 0 Å². The van der Waals surface area contributed by atoms with Crippen LogP contribution in [0.2, 0.25) is 0 Å². The summed E-state index contributed by atoms with van der Waals surface area (Å²) >= 11 is 0. The maximum atomic E-state index is 11.5. The van der Waals surface area contributed by atoms with Gasteiger partial charge in [-0.05, 0) is 31.7 Å². The molecule has 0 aliphatic heterocycles. The second kappa shape index (κ2) is 5.11. The van der Waals surface area contributed by atoms with E-state index in [0.717, 1.165) is 18.9 Å². The van der Waals surface area contributed by atoms with Crippen LogP contribution >= 0.6 is 0 Å². The lowest BCUT2D eigenvalue weighted by Gasteiger charge is -2.33. The van der Waals surface area contributed by atoms with Gasteiger partial charge in [0.2, 0.25) is 0 Å². The van der Waals surface area contributed by atoms with E-state index in [0.29, 0.717) is 11.3 Å². The number of rotatable bonds is 3. The third-order valence-electron chi connectivity index (χ3n) is 2.95. The van der Waals surface area contributed by atoms with Crippen LogP contribution in [0, 0.1) is 5.92 Å². The van der Waals surface area contributed by atoms with E-state index in [9.17, 15) is 4.21 Å². The van der Waals surface area contributed by atoms with E-state index in [-0.39, 0.29) is 0 Å². The fourth-order valence-corrected chi connectivity index (χ4v) is 3.49. The first kappa shape index (κ1) is 11.2. The summed E-state index contributed by atoms with van der Waals surface area (Å²) in [5.74, 6) is 0.754. The van der Waals surface area contributed by atoms with E-state index in [2.05, 4.69) is 19.2 Å². The molecule has 0 saturated heterocycles. The molecule has 0 aromatic carbocycles. The Morgan fingerprint density at radius 3 is 2.69 bits per heavy atom. The Labute approximate surface area is 83.9 Å². The summed E-state index contributed by atoms with van der Waals surface area (Å²) in [6.07, 6.45) is 5.44. The average molecular weight is 203 g/mol. The third-order valence-corrected chi connectivity index (χ3v) is 4.32. The van der Waals surface area contributed by atoms with Crippen molar-refractivity contribution >= 4 is 10.8 Å². The first-order chi connectivity index (χ1) is 6.15. The van der Waals surface area contributed by atoms with Gasteiger partial charge in [-0.2, -0.15) is 0 Å². The van der Waals surface area contributed by atoms with Crippen molar-refractivity contribution in [2.24, 2.45) is 5.92 Å². The highest BCUT2D eigenvalue weighted by Crippen LogP contribution is 2.26. The molecule has 0 spiro atoms. The van der Waals surface area contributed by atoms with Gasteiger partial charge >= 0.3 is 0 Å². The molecule has 2 nitrogen and oxygen atoms in total. The lowest BCUT2D eigenvalue weighted by atomic mass is 9.87. The zero-order valence-electron chi connectivity index (χ0n) is 8.88. The Morgan fingerprint density at radius 2 is 2.15 bits per heavy atom. The largest absolute Gasteiger partial charge is 0.313 e. The van der Waals surface area contributed by atoms with Gasteiger partial charge in [-0.15, -0.1) is 0 Å². The van der Waals surface area contributed by atoms with Crippen molar-refractivity contribution < 1.29 is 4.21 Å². The fraction of sp³-hybridized carbons (Fsp3) is 1.00. The van der Waals surface area contributed by atoms with Crippen molar-refractivity contribution in [3.63, 3.8) is 0 Å². The zero-order chi connectivity index (χ0) is 9.84. The minimum Gasteiger partial charge on any atom is -0.313 e. The van der Waals surface area contributed by atoms with Crippen LogP contribution in [0.3, 0.4) is 0 Å². The summed E-state index contributed by atoms with van der Waals surface area (Å²) in [6, 6.07) is 0.493. The fourth-order valence-electron chi connectivity index (χ4n) is 2.19. The highest BCUT2D eigenvalue weighted by Gasteiger charge is 2.30. The Hall–Kier alpha value is 0.110. The van der Waals surface area contributed by atoms with Gasteiger partial charge in [0.15, 0.2) is 0 Å². The summed E-state index contributed by atoms with van der Waals surface area (Å²) in [6.45, 7) is 5.38. The van der Waals surface area contributed by atoms with Crippen LogP contribution in [0.25, 0.3) is 0 Å². The maximum absolute atomic E-state index is 11.5. The molecule has 0 heterocycles. The SMILES string of the molecule is CCNC1CCC(C)CC1S(C)=O. The molecule has 0 aromatic heterocycles. The van der Waals surface area contributed by atoms with Gasteiger partial charge in [0.25, 0.3) is 0 Å². The Balaban J connectivity index is 2.55. The minimum atomic E-state index is -0.667. The van der Waals surface area contributed by atoms with Gasteiger partial charge in [-0.25, -0.2) is 0 Å². The van der Waals surface area contributed by atoms with E-state index >= 15 is 0 Å². The summed E-state index contributed by atoms with van der Waals surface area (Å²) < 4.78 is 11.5. The highest BCUT2D eigenvalue weighted by atomic mass is 32.2. The smallest absolute Gasteiger partial charge is 0.0500 e. The first-order valence-electron chi connectivity index (χ1n) is 5.20. The maximum Gasteiger partial charge on any atom is 0.0500 e. The van der Waals surface area contributed by atoms with E-state index < -0.39 is 10.8 Å². The number of hydrogen-bond acceptors (Lipinski definition) is 2. The van der Waals surface area contributed by atoms with Gasteiger partial charge in [0, 0.05) is 23.1 Å². The van der Waals surface area contributed by atoms with Crippen molar-refractivity contribution in [2.75, 3.05) is 12.8 Å². The quantitative estimate of drug-likeness (QED) is 0.754. The van der Waals surface area contributed by atoms with Crippen molar-refractivity contribution in [3.8, 4) is 0 Å².